The number of Topliss-reactive ketones (excluding diaryl/α,β-unsaturated/α-hetero) is 1. The molecule has 4 rings (SSSR count). The minimum absolute atomic E-state index is 0.0111. The zero-order valence-electron chi connectivity index (χ0n) is 32.9. The molecule has 9 N–H and O–H groups in total. The molecule has 17 heteroatoms. The van der Waals surface area contributed by atoms with E-state index in [1.165, 1.54) is 18.2 Å². The van der Waals surface area contributed by atoms with Crippen molar-refractivity contribution >= 4 is 37.0 Å². The topological polar surface area (TPSA) is 245 Å². The molecule has 0 aliphatic heterocycles. The number of amides is 4. The quantitative estimate of drug-likeness (QED) is 0.0312. The summed E-state index contributed by atoms with van der Waals surface area (Å²) in [5, 5.41) is 27.6. The Morgan fingerprint density at radius 2 is 1.37 bits per heavy atom. The van der Waals surface area contributed by atoms with E-state index in [1.807, 2.05) is 19.1 Å². The van der Waals surface area contributed by atoms with E-state index in [4.69, 9.17) is 5.73 Å². The maximum absolute atomic E-state index is 14.4. The predicted octanol–water partition coefficient (Wildman–Crippen LogP) is 4.55. The van der Waals surface area contributed by atoms with Crippen molar-refractivity contribution in [1.82, 2.24) is 16.0 Å². The molecular weight excluding hydrogens is 801 g/mol. The van der Waals surface area contributed by atoms with Crippen LogP contribution in [-0.2, 0) is 55.1 Å². The summed E-state index contributed by atoms with van der Waals surface area (Å²) in [6.45, 7) is 2.27. The van der Waals surface area contributed by atoms with E-state index in [1.54, 1.807) is 42.5 Å². The summed E-state index contributed by atoms with van der Waals surface area (Å²) in [5.74, 6) is -5.23. The Morgan fingerprint density at radius 3 is 1.97 bits per heavy atom. The summed E-state index contributed by atoms with van der Waals surface area (Å²) in [6, 6.07) is 21.2. The minimum atomic E-state index is -5.87. The first-order valence-electron chi connectivity index (χ1n) is 19.2. The molecule has 0 heterocycles. The van der Waals surface area contributed by atoms with Gasteiger partial charge in [0.2, 0.25) is 17.7 Å². The third-order valence-electron chi connectivity index (χ3n) is 9.87. The number of aryl methyl sites for hydroxylation is 1. The summed E-state index contributed by atoms with van der Waals surface area (Å²) in [5.41, 5.74) is 3.02. The Bertz CT molecular complexity index is 2170. The van der Waals surface area contributed by atoms with Gasteiger partial charge in [-0.15, -0.1) is 0 Å². The number of ketones is 1. The third kappa shape index (κ3) is 13.5. The fraction of sp³-hybridized carbons (Fsp3) is 0.326. The lowest BCUT2D eigenvalue weighted by atomic mass is 9.89. The molecule has 0 saturated carbocycles. The molecule has 0 aliphatic rings. The molecule has 0 aliphatic carbocycles. The average molecular weight is 851 g/mol. The summed E-state index contributed by atoms with van der Waals surface area (Å²) in [6.07, 6.45) is 0.651. The number of carbonyl (C=O) groups is 5. The number of rotatable bonds is 22. The van der Waals surface area contributed by atoms with Crippen molar-refractivity contribution in [2.24, 2.45) is 11.7 Å². The average Bonchev–Trinajstić information content (AvgIpc) is 3.21. The lowest BCUT2D eigenvalue weighted by molar-refractivity contribution is -0.133. The number of alkyl halides is 2. The molecule has 14 nitrogen and oxygen atoms in total. The summed E-state index contributed by atoms with van der Waals surface area (Å²) < 4.78 is 40.3. The van der Waals surface area contributed by atoms with Gasteiger partial charge in [-0.05, 0) is 85.0 Å². The van der Waals surface area contributed by atoms with E-state index < -0.39 is 72.5 Å². The van der Waals surface area contributed by atoms with Crippen molar-refractivity contribution in [3.63, 3.8) is 0 Å². The lowest BCUT2D eigenvalue weighted by Gasteiger charge is -2.24. The number of primary amides is 1. The molecular formula is C43H49F2N4O10P. The van der Waals surface area contributed by atoms with Crippen LogP contribution in [0.4, 0.5) is 8.78 Å². The van der Waals surface area contributed by atoms with Crippen LogP contribution in [0.1, 0.15) is 70.8 Å². The van der Waals surface area contributed by atoms with E-state index >= 15 is 0 Å². The zero-order valence-corrected chi connectivity index (χ0v) is 33.7. The predicted molar refractivity (Wildman–Crippen MR) is 218 cm³/mol. The molecule has 60 heavy (non-hydrogen) atoms. The number of hydrogen-bond acceptors (Lipinski definition) is 8. The van der Waals surface area contributed by atoms with E-state index in [0.29, 0.717) is 29.5 Å². The van der Waals surface area contributed by atoms with Crippen LogP contribution in [0, 0.1) is 5.92 Å². The first-order valence-corrected chi connectivity index (χ1v) is 20.9. The summed E-state index contributed by atoms with van der Waals surface area (Å²) in [4.78, 5) is 84.8. The highest BCUT2D eigenvalue weighted by molar-refractivity contribution is 7.52. The number of nitrogens with two attached hydrogens (primary N) is 1. The molecule has 0 saturated heterocycles. The second kappa shape index (κ2) is 21.3. The molecule has 320 valence electrons. The van der Waals surface area contributed by atoms with Crippen LogP contribution >= 0.6 is 7.60 Å². The number of phenols is 2. The number of unbranched alkanes of at least 4 members (excludes halogenated alkanes) is 1. The standard InChI is InChI=1S/C43H49F2N4O10P/c1-2-27-11-16-31(17-12-27)41(55)47-21-7-6-10-34(40(46)54)49-42(56)32(22-29-13-18-33(19-14-29)43(44,45)60(57,58)59)26-37(51)35(23-28-8-4-3-5-9-28)48-39(53)25-30-15-20-36(50)38(52)24-30/h3-5,8-9,11-20,24,32,34-35,50,52H,2,6-7,10,21-23,25-26H2,1H3,(H2,46,54)(H,47,55)(H,48,53)(H,49,56)(H2,57,58,59). The molecule has 3 unspecified atom stereocenters. The number of nitrogens with one attached hydrogen (secondary N) is 3. The normalized spacial score (nSPS) is 13.1. The Kier molecular flexibility index (Phi) is 16.6. The van der Waals surface area contributed by atoms with Gasteiger partial charge in [0.25, 0.3) is 5.91 Å². The van der Waals surface area contributed by atoms with Crippen LogP contribution in [0.2, 0.25) is 0 Å². The molecule has 0 aromatic heterocycles. The number of carbonyl (C=O) groups excluding carboxylic acids is 5. The van der Waals surface area contributed by atoms with Crippen LogP contribution in [0.5, 0.6) is 11.5 Å². The lowest BCUT2D eigenvalue weighted by Crippen LogP contribution is -2.48. The zero-order chi connectivity index (χ0) is 44.0. The van der Waals surface area contributed by atoms with E-state index in [0.717, 1.165) is 36.2 Å². The van der Waals surface area contributed by atoms with Crippen LogP contribution in [0.25, 0.3) is 0 Å². The van der Waals surface area contributed by atoms with Gasteiger partial charge in [0.05, 0.1) is 12.5 Å². The van der Waals surface area contributed by atoms with Gasteiger partial charge < -0.3 is 41.7 Å². The molecule has 0 bridgehead atoms. The van der Waals surface area contributed by atoms with Crippen molar-refractivity contribution in [3.05, 3.63) is 130 Å². The second-order valence-electron chi connectivity index (χ2n) is 14.4. The Morgan fingerprint density at radius 1 is 0.750 bits per heavy atom. The number of aromatic hydroxyl groups is 2. The fourth-order valence-electron chi connectivity index (χ4n) is 6.39. The van der Waals surface area contributed by atoms with E-state index in [-0.39, 0.29) is 49.4 Å². The van der Waals surface area contributed by atoms with Crippen molar-refractivity contribution in [2.75, 3.05) is 6.54 Å². The number of benzene rings is 4. The van der Waals surface area contributed by atoms with Crippen molar-refractivity contribution in [2.45, 2.75) is 76.0 Å². The van der Waals surface area contributed by atoms with Crippen molar-refractivity contribution in [1.29, 1.82) is 0 Å². The first-order chi connectivity index (χ1) is 28.4. The number of phenolic OH excluding ortho intramolecular Hbond substituents is 2. The SMILES string of the molecule is CCc1ccc(C(=O)NCCCCC(NC(=O)C(CC(=O)C(Cc2ccccc2)NC(=O)Cc2ccc(O)c(O)c2)Cc2ccc(C(F)(F)P(=O)(O)O)cc2)C(N)=O)cc1. The molecule has 0 radical (unpaired) electrons. The Balaban J connectivity index is 1.51. The fourth-order valence-corrected chi connectivity index (χ4v) is 6.87. The highest BCUT2D eigenvalue weighted by Crippen LogP contribution is 2.59. The van der Waals surface area contributed by atoms with Gasteiger partial charge in [-0.3, -0.25) is 28.5 Å². The van der Waals surface area contributed by atoms with E-state index in [2.05, 4.69) is 16.0 Å². The van der Waals surface area contributed by atoms with Gasteiger partial charge in [0, 0.05) is 30.0 Å². The van der Waals surface area contributed by atoms with Crippen molar-refractivity contribution < 1.29 is 57.3 Å². The van der Waals surface area contributed by atoms with Crippen LogP contribution in [0.3, 0.4) is 0 Å². The smallest absolute Gasteiger partial charge is 0.399 e. The van der Waals surface area contributed by atoms with Gasteiger partial charge in [0.1, 0.15) is 6.04 Å². The second-order valence-corrected chi connectivity index (χ2v) is 16.1. The third-order valence-corrected chi connectivity index (χ3v) is 10.9. The number of hydrogen-bond donors (Lipinski definition) is 8. The Hall–Kier alpha value is -5.96. The minimum Gasteiger partial charge on any atom is -0.504 e. The molecule has 4 aromatic carbocycles. The Labute approximate surface area is 345 Å². The van der Waals surface area contributed by atoms with Gasteiger partial charge in [0.15, 0.2) is 17.3 Å². The molecule has 3 atom stereocenters. The highest BCUT2D eigenvalue weighted by atomic mass is 31.2. The number of halogens is 2. The van der Waals surface area contributed by atoms with Gasteiger partial charge in [-0.25, -0.2) is 0 Å². The maximum atomic E-state index is 14.4. The highest BCUT2D eigenvalue weighted by Gasteiger charge is 2.50. The molecule has 4 amide bonds. The van der Waals surface area contributed by atoms with Crippen molar-refractivity contribution in [3.8, 4) is 11.5 Å². The maximum Gasteiger partial charge on any atom is 0.399 e. The van der Waals surface area contributed by atoms with Crippen LogP contribution < -0.4 is 21.7 Å². The van der Waals surface area contributed by atoms with Gasteiger partial charge in [-0.2, -0.15) is 8.78 Å². The molecule has 0 fully saturated rings. The van der Waals surface area contributed by atoms with Gasteiger partial charge in [-0.1, -0.05) is 79.7 Å². The first kappa shape index (κ1) is 46.7. The monoisotopic (exact) mass is 850 g/mol. The summed E-state index contributed by atoms with van der Waals surface area (Å²) >= 11 is 0. The molecule has 4 aromatic rings. The van der Waals surface area contributed by atoms with Crippen LogP contribution in [0.15, 0.2) is 97.1 Å². The summed E-state index contributed by atoms with van der Waals surface area (Å²) in [7, 11) is -5.87. The van der Waals surface area contributed by atoms with E-state index in [9.17, 15) is 57.3 Å². The van der Waals surface area contributed by atoms with Gasteiger partial charge >= 0.3 is 13.3 Å². The largest absolute Gasteiger partial charge is 0.504 e. The van der Waals surface area contributed by atoms with Crippen LogP contribution in [-0.4, -0.2) is 68.0 Å². The molecule has 0 spiro atoms.